The molecule has 1 aliphatic carbocycles. The van der Waals surface area contributed by atoms with Gasteiger partial charge >= 0.3 is 5.97 Å². The van der Waals surface area contributed by atoms with Crippen LogP contribution in [0.4, 0.5) is 15.9 Å². The zero-order valence-electron chi connectivity index (χ0n) is 14.1. The maximum absolute atomic E-state index is 15.0. The summed E-state index contributed by atoms with van der Waals surface area (Å²) >= 11 is 5.89. The molecular weight excluding hydrogens is 335 g/mol. The predicted octanol–water partition coefficient (Wildman–Crippen LogP) is 3.14. The van der Waals surface area contributed by atoms with Gasteiger partial charge in [-0.1, -0.05) is 19.3 Å². The number of esters is 1. The molecule has 0 aliphatic heterocycles. The second kappa shape index (κ2) is 7.96. The van der Waals surface area contributed by atoms with Crippen molar-refractivity contribution >= 4 is 29.1 Å². The Kier molecular flexibility index (Phi) is 6.21. The Labute approximate surface area is 146 Å². The van der Waals surface area contributed by atoms with Gasteiger partial charge in [0.05, 0.1) is 25.0 Å². The lowest BCUT2D eigenvalue weighted by atomic mass is 9.93. The van der Waals surface area contributed by atoms with Gasteiger partial charge in [-0.05, 0) is 38.3 Å². The molecule has 2 rings (SSSR count). The third kappa shape index (κ3) is 4.47. The van der Waals surface area contributed by atoms with Gasteiger partial charge in [0, 0.05) is 6.04 Å². The largest absolute Gasteiger partial charge is 0.464 e. The lowest BCUT2D eigenvalue weighted by Gasteiger charge is -2.38. The molecule has 6 nitrogen and oxygen atoms in total. The van der Waals surface area contributed by atoms with Gasteiger partial charge in [-0.15, -0.1) is 0 Å². The minimum atomic E-state index is -2.17. The fraction of sp³-hybridized carbons (Fsp3) is 0.688. The van der Waals surface area contributed by atoms with Gasteiger partial charge in [0.15, 0.2) is 5.82 Å². The van der Waals surface area contributed by atoms with Crippen molar-refractivity contribution in [2.75, 3.05) is 23.8 Å². The summed E-state index contributed by atoms with van der Waals surface area (Å²) in [6.07, 6.45) is 6.42. The van der Waals surface area contributed by atoms with Crippen molar-refractivity contribution in [1.29, 1.82) is 0 Å². The Bertz CT molecular complexity index is 579. The van der Waals surface area contributed by atoms with Crippen LogP contribution in [0.15, 0.2) is 6.20 Å². The molecule has 1 unspecified atom stereocenters. The normalized spacial score (nSPS) is 18.0. The first-order valence-corrected chi connectivity index (χ1v) is 8.63. The quantitative estimate of drug-likeness (QED) is 0.621. The van der Waals surface area contributed by atoms with E-state index in [1.165, 1.54) is 13.1 Å². The van der Waals surface area contributed by atoms with Crippen LogP contribution in [0.2, 0.25) is 5.28 Å². The molecule has 2 N–H and O–H groups in total. The molecule has 24 heavy (non-hydrogen) atoms. The topological polar surface area (TPSA) is 81.3 Å². The highest BCUT2D eigenvalue weighted by atomic mass is 35.5. The summed E-state index contributed by atoms with van der Waals surface area (Å²) < 4.78 is 19.8. The third-order valence-corrected chi connectivity index (χ3v) is 4.40. The fourth-order valence-electron chi connectivity index (χ4n) is 3.03. The molecule has 1 aliphatic rings. The van der Waals surface area contributed by atoms with E-state index in [-0.39, 0.29) is 24.5 Å². The van der Waals surface area contributed by atoms with Crippen LogP contribution in [0, 0.1) is 0 Å². The number of rotatable bonds is 6. The Hall–Kier alpha value is -1.63. The molecule has 1 atom stereocenters. The van der Waals surface area contributed by atoms with E-state index < -0.39 is 11.6 Å². The molecule has 0 bridgehead atoms. The lowest BCUT2D eigenvalue weighted by molar-refractivity contribution is -0.155. The second-order valence-electron chi connectivity index (χ2n) is 6.26. The van der Waals surface area contributed by atoms with E-state index in [1.807, 2.05) is 0 Å². The molecule has 0 aromatic carbocycles. The standard InChI is InChI=1S/C16H24ClFN4O2/c1-3-24-14(23)16(2,18)10-22(11-7-5-4-6-8-11)13-12(19)9-20-15(17)21-13/h9,11H,3-8,10,19H2,1-2H3. The molecule has 1 aromatic heterocycles. The number of halogens is 2. The van der Waals surface area contributed by atoms with Crippen molar-refractivity contribution in [3.63, 3.8) is 0 Å². The van der Waals surface area contributed by atoms with E-state index in [0.717, 1.165) is 32.1 Å². The zero-order valence-corrected chi connectivity index (χ0v) is 14.9. The van der Waals surface area contributed by atoms with E-state index in [1.54, 1.807) is 11.8 Å². The molecular formula is C16H24ClFN4O2. The number of nitrogens with two attached hydrogens (primary N) is 1. The molecule has 8 heteroatoms. The first-order chi connectivity index (χ1) is 11.3. The number of carbonyl (C=O) groups excluding carboxylic acids is 1. The number of carbonyl (C=O) groups is 1. The van der Waals surface area contributed by atoms with Crippen molar-refractivity contribution in [3.05, 3.63) is 11.5 Å². The second-order valence-corrected chi connectivity index (χ2v) is 6.59. The number of aromatic nitrogens is 2. The molecule has 134 valence electrons. The van der Waals surface area contributed by atoms with Crippen LogP contribution in [0.3, 0.4) is 0 Å². The van der Waals surface area contributed by atoms with Crippen molar-refractivity contribution in [2.45, 2.75) is 57.7 Å². The van der Waals surface area contributed by atoms with E-state index in [2.05, 4.69) is 9.97 Å². The van der Waals surface area contributed by atoms with E-state index in [4.69, 9.17) is 22.1 Å². The lowest BCUT2D eigenvalue weighted by Crippen LogP contribution is -2.49. The van der Waals surface area contributed by atoms with Crippen LogP contribution in [-0.2, 0) is 9.53 Å². The van der Waals surface area contributed by atoms with E-state index in [9.17, 15) is 9.18 Å². The first kappa shape index (κ1) is 18.7. The van der Waals surface area contributed by atoms with Gasteiger partial charge in [-0.2, -0.15) is 4.98 Å². The zero-order chi connectivity index (χ0) is 17.7. The highest BCUT2D eigenvalue weighted by Crippen LogP contribution is 2.32. The van der Waals surface area contributed by atoms with Gasteiger partial charge in [0.2, 0.25) is 11.0 Å². The van der Waals surface area contributed by atoms with Gasteiger partial charge in [-0.25, -0.2) is 14.2 Å². The van der Waals surface area contributed by atoms with Crippen molar-refractivity contribution < 1.29 is 13.9 Å². The average Bonchev–Trinajstić information content (AvgIpc) is 2.56. The number of ether oxygens (including phenoxy) is 1. The fourth-order valence-corrected chi connectivity index (χ4v) is 3.16. The Morgan fingerprint density at radius 3 is 2.79 bits per heavy atom. The molecule has 0 radical (unpaired) electrons. The maximum atomic E-state index is 15.0. The number of nitrogens with zero attached hydrogens (tertiary/aromatic N) is 3. The van der Waals surface area contributed by atoms with Crippen LogP contribution in [0.5, 0.6) is 0 Å². The number of anilines is 2. The van der Waals surface area contributed by atoms with Gasteiger partial charge < -0.3 is 15.4 Å². The summed E-state index contributed by atoms with van der Waals surface area (Å²) in [7, 11) is 0. The SMILES string of the molecule is CCOC(=O)C(C)(F)CN(c1nc(Cl)ncc1N)C1CCCCC1. The first-order valence-electron chi connectivity index (χ1n) is 8.26. The highest BCUT2D eigenvalue weighted by Gasteiger charge is 2.40. The van der Waals surface area contributed by atoms with Crippen molar-refractivity contribution in [2.24, 2.45) is 0 Å². The number of alkyl halides is 1. The van der Waals surface area contributed by atoms with Crippen LogP contribution in [0.25, 0.3) is 0 Å². The maximum Gasteiger partial charge on any atom is 0.345 e. The number of hydrogen-bond acceptors (Lipinski definition) is 6. The minimum absolute atomic E-state index is 0.0386. The van der Waals surface area contributed by atoms with Crippen LogP contribution in [0.1, 0.15) is 46.0 Å². The van der Waals surface area contributed by atoms with Gasteiger partial charge in [-0.3, -0.25) is 0 Å². The molecule has 1 heterocycles. The number of hydrogen-bond donors (Lipinski definition) is 1. The van der Waals surface area contributed by atoms with Crippen LogP contribution in [-0.4, -0.2) is 40.8 Å². The summed E-state index contributed by atoms with van der Waals surface area (Å²) in [5.41, 5.74) is 4.13. The van der Waals surface area contributed by atoms with Crippen molar-refractivity contribution in [1.82, 2.24) is 9.97 Å². The summed E-state index contributed by atoms with van der Waals surface area (Å²) in [5.74, 6) is -0.514. The molecule has 0 amide bonds. The average molecular weight is 359 g/mol. The van der Waals surface area contributed by atoms with Gasteiger partial charge in [0.1, 0.15) is 0 Å². The predicted molar refractivity (Wildman–Crippen MR) is 91.8 cm³/mol. The summed E-state index contributed by atoms with van der Waals surface area (Å²) in [6.45, 7) is 2.81. The summed E-state index contributed by atoms with van der Waals surface area (Å²) in [6, 6.07) is 0.0523. The molecule has 0 saturated heterocycles. The van der Waals surface area contributed by atoms with E-state index >= 15 is 0 Å². The Morgan fingerprint density at radius 1 is 1.50 bits per heavy atom. The molecule has 1 fully saturated rings. The minimum Gasteiger partial charge on any atom is -0.464 e. The van der Waals surface area contributed by atoms with Gasteiger partial charge in [0.25, 0.3) is 0 Å². The highest BCUT2D eigenvalue weighted by molar-refractivity contribution is 6.28. The monoisotopic (exact) mass is 358 g/mol. The molecule has 1 aromatic rings. The van der Waals surface area contributed by atoms with Crippen molar-refractivity contribution in [3.8, 4) is 0 Å². The number of nitrogen functional groups attached to an aromatic ring is 1. The Balaban J connectivity index is 2.32. The summed E-state index contributed by atoms with van der Waals surface area (Å²) in [4.78, 5) is 21.7. The smallest absolute Gasteiger partial charge is 0.345 e. The third-order valence-electron chi connectivity index (χ3n) is 4.22. The summed E-state index contributed by atoms with van der Waals surface area (Å²) in [5, 5.41) is 0.0386. The van der Waals surface area contributed by atoms with Crippen LogP contribution >= 0.6 is 11.6 Å². The molecule has 1 saturated carbocycles. The molecule has 0 spiro atoms. The van der Waals surface area contributed by atoms with E-state index in [0.29, 0.717) is 11.5 Å². The van der Waals surface area contributed by atoms with Crippen LogP contribution < -0.4 is 10.6 Å². The Morgan fingerprint density at radius 2 is 2.17 bits per heavy atom.